The topological polar surface area (TPSA) is 137 Å². The van der Waals surface area contributed by atoms with Crippen molar-refractivity contribution < 1.29 is 31.9 Å². The molecule has 3 N–H and O–H groups in total. The van der Waals surface area contributed by atoms with Gasteiger partial charge in [0.25, 0.3) is 0 Å². The van der Waals surface area contributed by atoms with E-state index in [9.17, 15) is 27.2 Å². The molecule has 3 aliphatic heterocycles. The van der Waals surface area contributed by atoms with Gasteiger partial charge in [0.15, 0.2) is 0 Å². The van der Waals surface area contributed by atoms with Crippen LogP contribution < -0.4 is 20.7 Å². The first-order valence-corrected chi connectivity index (χ1v) is 15.6. The van der Waals surface area contributed by atoms with E-state index in [2.05, 4.69) is 16.0 Å². The molecule has 43 heavy (non-hydrogen) atoms. The van der Waals surface area contributed by atoms with Gasteiger partial charge >= 0.3 is 0 Å². The molecule has 2 aromatic carbocycles. The fraction of sp³-hybridized carbons (Fsp3) is 0.483. The van der Waals surface area contributed by atoms with E-state index in [0.717, 1.165) is 22.0 Å². The van der Waals surface area contributed by atoms with Crippen LogP contribution in [-0.4, -0.2) is 86.3 Å². The van der Waals surface area contributed by atoms with Gasteiger partial charge in [0.05, 0.1) is 23.6 Å². The van der Waals surface area contributed by atoms with Crippen molar-refractivity contribution in [3.63, 3.8) is 0 Å². The van der Waals surface area contributed by atoms with Gasteiger partial charge in [-0.1, -0.05) is 18.2 Å². The summed E-state index contributed by atoms with van der Waals surface area (Å²) in [6.45, 7) is 1.81. The lowest BCUT2D eigenvalue weighted by Crippen LogP contribution is -2.62. The van der Waals surface area contributed by atoms with Gasteiger partial charge in [-0.25, -0.2) is 12.8 Å². The number of rotatable bonds is 7. The Morgan fingerprint density at radius 1 is 1.00 bits per heavy atom. The summed E-state index contributed by atoms with van der Waals surface area (Å²) in [7, 11) is -2.51. The molecule has 234 valence electrons. The summed E-state index contributed by atoms with van der Waals surface area (Å²) in [4.78, 5) is 42.1. The number of ether oxygens (including phenoxy) is 1. The Morgan fingerprint density at radius 2 is 1.72 bits per heavy atom. The predicted octanol–water partition coefficient (Wildman–Crippen LogP) is 1.73. The molecule has 11 nitrogen and oxygen atoms in total. The molecular formula is C29H37ClFN5O6S. The fourth-order valence-electron chi connectivity index (χ4n) is 5.87. The molecule has 0 bridgehead atoms. The quantitative estimate of drug-likeness (QED) is 0.421. The monoisotopic (exact) mass is 637 g/mol. The lowest BCUT2D eigenvalue weighted by atomic mass is 10.00. The third-order valence-electron chi connectivity index (χ3n) is 8.32. The Bertz CT molecular complexity index is 1450. The zero-order chi connectivity index (χ0) is 30.0. The first kappa shape index (κ1) is 32.6. The molecule has 0 saturated carbocycles. The molecule has 3 aliphatic rings. The molecular weight excluding hydrogens is 601 g/mol. The molecule has 0 aromatic heterocycles. The number of amides is 3. The fourth-order valence-corrected chi connectivity index (χ4v) is 7.34. The molecule has 0 unspecified atom stereocenters. The Labute approximate surface area is 257 Å². The zero-order valence-corrected chi connectivity index (χ0v) is 25.6. The number of carbonyl (C=O) groups excluding carboxylic acids is 3. The highest BCUT2D eigenvalue weighted by Crippen LogP contribution is 2.34. The Balaban J connectivity index is 0.00000423. The van der Waals surface area contributed by atoms with Crippen molar-refractivity contribution in [3.05, 3.63) is 59.9 Å². The highest BCUT2D eigenvalue weighted by molar-refractivity contribution is 7.89. The van der Waals surface area contributed by atoms with Gasteiger partial charge in [-0.2, -0.15) is 4.31 Å². The summed E-state index contributed by atoms with van der Waals surface area (Å²) in [5, 5.41) is 8.63. The molecule has 0 aliphatic carbocycles. The second-order valence-electron chi connectivity index (χ2n) is 10.9. The van der Waals surface area contributed by atoms with Gasteiger partial charge < -0.3 is 25.6 Å². The van der Waals surface area contributed by atoms with Crippen LogP contribution >= 0.6 is 12.4 Å². The third-order valence-corrected chi connectivity index (χ3v) is 10.2. The van der Waals surface area contributed by atoms with Gasteiger partial charge in [0.2, 0.25) is 27.7 Å². The largest absolute Gasteiger partial charge is 0.493 e. The molecule has 3 heterocycles. The van der Waals surface area contributed by atoms with Crippen LogP contribution in [0.3, 0.4) is 0 Å². The van der Waals surface area contributed by atoms with E-state index < -0.39 is 51.8 Å². The SMILES string of the molecule is CN[C@@H](C)C(=O)N[C@H]1CN(S(=O)(=O)c2ccc(F)cc2)CC[C@H]2CC[C@@H](C(=O)N[C@@H]3CCOc4ccccc43)N2C1=O.Cl. The van der Waals surface area contributed by atoms with Crippen LogP contribution in [0.4, 0.5) is 4.39 Å². The summed E-state index contributed by atoms with van der Waals surface area (Å²) < 4.78 is 47.5. The third kappa shape index (κ3) is 6.79. The van der Waals surface area contributed by atoms with Crippen molar-refractivity contribution >= 4 is 40.2 Å². The number of hydrogen-bond donors (Lipinski definition) is 3. The normalized spacial score (nSPS) is 24.7. The first-order chi connectivity index (χ1) is 20.1. The zero-order valence-electron chi connectivity index (χ0n) is 24.0. The molecule has 5 rings (SSSR count). The van der Waals surface area contributed by atoms with E-state index in [-0.39, 0.29) is 42.3 Å². The minimum Gasteiger partial charge on any atom is -0.493 e. The number of nitrogens with zero attached hydrogens (tertiary/aromatic N) is 2. The second kappa shape index (κ2) is 13.6. The Kier molecular flexibility index (Phi) is 10.3. The van der Waals surface area contributed by atoms with Crippen molar-refractivity contribution in [2.24, 2.45) is 0 Å². The van der Waals surface area contributed by atoms with Crippen LogP contribution in [0.15, 0.2) is 53.4 Å². The standard InChI is InChI=1S/C29H36FN5O6S.ClH/c1-18(31-2)27(36)33-24-17-34(42(39,40)21-10-7-19(30)8-11-21)15-13-20-9-12-25(35(20)29(24)38)28(37)32-23-14-16-41-26-6-4-3-5-22(23)26;/h3-8,10-11,18,20,23-25,31H,9,12-17H2,1-2H3,(H,32,37)(H,33,36);1H/t18-,20+,23+,24-,25-;/m0./s1. The van der Waals surface area contributed by atoms with E-state index in [0.29, 0.717) is 38.0 Å². The minimum atomic E-state index is -4.10. The van der Waals surface area contributed by atoms with Crippen LogP contribution in [0.2, 0.25) is 0 Å². The van der Waals surface area contributed by atoms with Gasteiger partial charge in [0, 0.05) is 31.1 Å². The van der Waals surface area contributed by atoms with Crippen LogP contribution in [0.1, 0.15) is 44.2 Å². The number of hydrogen-bond acceptors (Lipinski definition) is 7. The smallest absolute Gasteiger partial charge is 0.247 e. The van der Waals surface area contributed by atoms with Gasteiger partial charge in [-0.15, -0.1) is 12.4 Å². The van der Waals surface area contributed by atoms with E-state index in [1.54, 1.807) is 14.0 Å². The van der Waals surface area contributed by atoms with Gasteiger partial charge in [-0.05, 0) is 63.6 Å². The minimum absolute atomic E-state index is 0. The highest BCUT2D eigenvalue weighted by Gasteiger charge is 2.47. The highest BCUT2D eigenvalue weighted by atomic mass is 35.5. The van der Waals surface area contributed by atoms with Crippen molar-refractivity contribution in [1.29, 1.82) is 0 Å². The molecule has 3 amide bonds. The molecule has 2 fully saturated rings. The summed E-state index contributed by atoms with van der Waals surface area (Å²) >= 11 is 0. The van der Waals surface area contributed by atoms with Crippen LogP contribution in [-0.2, 0) is 24.4 Å². The molecule has 2 aromatic rings. The van der Waals surface area contributed by atoms with Gasteiger partial charge in [-0.3, -0.25) is 14.4 Å². The predicted molar refractivity (Wildman–Crippen MR) is 159 cm³/mol. The maximum Gasteiger partial charge on any atom is 0.247 e. The molecule has 5 atom stereocenters. The maximum absolute atomic E-state index is 14.1. The summed E-state index contributed by atoms with van der Waals surface area (Å²) in [5.41, 5.74) is 0.874. The van der Waals surface area contributed by atoms with Crippen LogP contribution in [0, 0.1) is 5.82 Å². The van der Waals surface area contributed by atoms with Crippen molar-refractivity contribution in [1.82, 2.24) is 25.2 Å². The Morgan fingerprint density at radius 3 is 2.44 bits per heavy atom. The van der Waals surface area contributed by atoms with Crippen LogP contribution in [0.5, 0.6) is 5.75 Å². The maximum atomic E-state index is 14.1. The van der Waals surface area contributed by atoms with E-state index in [1.807, 2.05) is 24.3 Å². The van der Waals surface area contributed by atoms with Crippen molar-refractivity contribution in [3.8, 4) is 5.75 Å². The summed E-state index contributed by atoms with van der Waals surface area (Å²) in [6, 6.07) is 8.68. The summed E-state index contributed by atoms with van der Waals surface area (Å²) in [5.74, 6) is -1.15. The molecule has 2 saturated heterocycles. The van der Waals surface area contributed by atoms with Crippen molar-refractivity contribution in [2.45, 2.75) is 67.7 Å². The van der Waals surface area contributed by atoms with E-state index >= 15 is 0 Å². The number of nitrogens with one attached hydrogen (secondary N) is 3. The number of fused-ring (bicyclic) bond motifs is 2. The van der Waals surface area contributed by atoms with Crippen LogP contribution in [0.25, 0.3) is 0 Å². The molecule has 0 radical (unpaired) electrons. The number of carbonyl (C=O) groups is 3. The number of sulfonamides is 1. The average molecular weight is 638 g/mol. The van der Waals surface area contributed by atoms with E-state index in [4.69, 9.17) is 4.74 Å². The van der Waals surface area contributed by atoms with E-state index in [1.165, 1.54) is 17.0 Å². The number of para-hydroxylation sites is 1. The van der Waals surface area contributed by atoms with Crippen molar-refractivity contribution in [2.75, 3.05) is 26.7 Å². The van der Waals surface area contributed by atoms with Gasteiger partial charge in [0.1, 0.15) is 23.7 Å². The lowest BCUT2D eigenvalue weighted by Gasteiger charge is -2.39. The lowest BCUT2D eigenvalue weighted by molar-refractivity contribution is -0.144. The number of halogens is 2. The number of likely N-dealkylation sites (N-methyl/N-ethyl adjacent to an activating group) is 1. The summed E-state index contributed by atoms with van der Waals surface area (Å²) in [6.07, 6.45) is 1.81. The number of benzene rings is 2. The average Bonchev–Trinajstić information content (AvgIpc) is 3.41. The second-order valence-corrected chi connectivity index (χ2v) is 12.8. The molecule has 0 spiro atoms. The Hall–Kier alpha value is -3.26. The molecule has 14 heteroatoms. The first-order valence-electron chi connectivity index (χ1n) is 14.2.